The maximum Gasteiger partial charge on any atom is 0.395 e. The van der Waals surface area contributed by atoms with Gasteiger partial charge in [-0.25, -0.2) is 24.3 Å². The Morgan fingerprint density at radius 1 is 0.742 bits per heavy atom. The third-order valence-corrected chi connectivity index (χ3v) is 31.0. The number of methoxy groups -OCH3 is 1. The van der Waals surface area contributed by atoms with Gasteiger partial charge in [-0.05, 0) is 231 Å². The fourth-order valence-corrected chi connectivity index (χ4v) is 25.5. The molecule has 2 aliphatic heterocycles. The number of ether oxygens (including phenoxy) is 5. The maximum absolute atomic E-state index is 15.0. The molecule has 28 heteroatoms. The van der Waals surface area contributed by atoms with Gasteiger partial charge in [-0.15, -0.1) is 0 Å². The minimum Gasteiger partial charge on any atom is -0.455 e. The molecule has 25 nitrogen and oxygen atoms in total. The van der Waals surface area contributed by atoms with Crippen molar-refractivity contribution in [1.82, 2.24) is 29.1 Å². The summed E-state index contributed by atoms with van der Waals surface area (Å²) in [6.45, 7) is 8.67. The van der Waals surface area contributed by atoms with Gasteiger partial charge < -0.3 is 60.1 Å². The highest BCUT2D eigenvalue weighted by molar-refractivity contribution is 14.1. The zero-order chi connectivity index (χ0) is 69.3. The van der Waals surface area contributed by atoms with Crippen molar-refractivity contribution in [2.75, 3.05) is 30.0 Å². The number of esters is 2. The van der Waals surface area contributed by atoms with Crippen LogP contribution in [0.25, 0.3) is 11.2 Å². The number of halogens is 1. The lowest BCUT2D eigenvalue weighted by molar-refractivity contribution is -0.175. The van der Waals surface area contributed by atoms with Crippen molar-refractivity contribution in [2.24, 2.45) is 92.7 Å². The number of aromatic nitrogens is 6. The number of fused-ring (bicyclic) bond motifs is 11. The molecule has 28 atom stereocenters. The van der Waals surface area contributed by atoms with Crippen molar-refractivity contribution in [2.45, 2.75) is 244 Å². The van der Waals surface area contributed by atoms with Crippen LogP contribution >= 0.6 is 40.8 Å². The number of rotatable bonds is 20. The van der Waals surface area contributed by atoms with Crippen molar-refractivity contribution < 1.29 is 77.5 Å². The van der Waals surface area contributed by atoms with Gasteiger partial charge in [0, 0.05) is 50.0 Å². The summed E-state index contributed by atoms with van der Waals surface area (Å²) < 4.78 is 58.6. The first kappa shape index (κ1) is 73.6. The lowest BCUT2D eigenvalue weighted by atomic mass is 9.43. The molecule has 10 fully saturated rings. The van der Waals surface area contributed by atoms with Gasteiger partial charge in [0.25, 0.3) is 5.56 Å². The van der Waals surface area contributed by atoms with Gasteiger partial charge in [0.1, 0.15) is 53.0 Å². The smallest absolute Gasteiger partial charge is 0.395 e. The molecular weight excluding hydrogens is 1400 g/mol. The Bertz CT molecular complexity index is 3440. The van der Waals surface area contributed by atoms with Crippen LogP contribution in [0.3, 0.4) is 0 Å². The molecule has 8 aliphatic carbocycles. The SMILES string of the molecule is CC(CCC(=O)OCI)C1CCC2C3CCC4CC(O)CCC4(C)C3CC(O)C12C.CO[C@H]1C(OP(=O)(O[C@H]2O[C@@H](n3cnc4c(N)ncnc43)CC2O)SCOC(=O)CCC(C)C2CCC3C4CCC5CC(O)CCC5(C)C4CC(O)C23C)[C@@H](CO)O[C@H]1n1ccc(=O)[nH]c1=O. The Morgan fingerprint density at radius 3 is 1.87 bits per heavy atom. The molecule has 0 radical (unpaired) electrons. The molecule has 97 heavy (non-hydrogen) atoms. The minimum atomic E-state index is -4.60. The quantitative estimate of drug-likeness (QED) is 0.0172. The number of aromatic amines is 1. The Labute approximate surface area is 585 Å². The van der Waals surface area contributed by atoms with Gasteiger partial charge in [-0.3, -0.25) is 37.5 Å². The third kappa shape index (κ3) is 13.9. The Hall–Kier alpha value is -3.16. The number of carbonyl (C=O) groups excluding carboxylic acids is 2. The summed E-state index contributed by atoms with van der Waals surface area (Å²) in [5.74, 6) is 4.63. The van der Waals surface area contributed by atoms with E-state index in [0.29, 0.717) is 93.3 Å². The second-order valence-electron chi connectivity index (χ2n) is 31.6. The van der Waals surface area contributed by atoms with Crippen molar-refractivity contribution in [1.29, 1.82) is 0 Å². The molecule has 542 valence electrons. The molecule has 5 heterocycles. The molecule has 0 spiro atoms. The van der Waals surface area contributed by atoms with Gasteiger partial charge >= 0.3 is 24.4 Å². The number of H-pyrrole nitrogens is 1. The predicted octanol–water partition coefficient (Wildman–Crippen LogP) is 8.95. The predicted molar refractivity (Wildman–Crippen MR) is 367 cm³/mol. The zero-order valence-corrected chi connectivity index (χ0v) is 61.1. The molecule has 23 unspecified atom stereocenters. The Kier molecular flexibility index (Phi) is 22.4. The van der Waals surface area contributed by atoms with Crippen LogP contribution in [0.5, 0.6) is 0 Å². The van der Waals surface area contributed by atoms with E-state index in [9.17, 15) is 54.4 Å². The first-order valence-electron chi connectivity index (χ1n) is 35.8. The van der Waals surface area contributed by atoms with E-state index in [1.807, 2.05) is 0 Å². The summed E-state index contributed by atoms with van der Waals surface area (Å²) in [5, 5.41) is 65.9. The van der Waals surface area contributed by atoms with Gasteiger partial charge in [-0.2, -0.15) is 0 Å². The maximum atomic E-state index is 15.0. The molecule has 0 bridgehead atoms. The molecule has 9 N–H and O–H groups in total. The highest BCUT2D eigenvalue weighted by Crippen LogP contribution is 2.71. The second-order valence-corrected chi connectivity index (χ2v) is 36.2. The molecule has 8 saturated carbocycles. The number of hydrogen-bond acceptors (Lipinski definition) is 23. The normalized spacial score (nSPS) is 42.5. The molecule has 3 aromatic rings. The van der Waals surface area contributed by atoms with E-state index in [2.05, 4.69) is 84.1 Å². The number of nitrogens with zero attached hydrogens (tertiary/aromatic N) is 5. The Balaban J connectivity index is 0.000000249. The number of aliphatic hydroxyl groups excluding tert-OH is 6. The first-order chi connectivity index (χ1) is 46.2. The van der Waals surface area contributed by atoms with E-state index in [1.54, 1.807) is 0 Å². The number of carbonyl (C=O) groups is 2. The second kappa shape index (κ2) is 29.5. The van der Waals surface area contributed by atoms with E-state index in [0.717, 1.165) is 100 Å². The number of imidazole rings is 1. The van der Waals surface area contributed by atoms with Crippen LogP contribution in [-0.2, 0) is 46.9 Å². The van der Waals surface area contributed by atoms with Crippen LogP contribution in [0, 0.1) is 92.7 Å². The molecule has 10 aliphatic rings. The number of nitrogens with one attached hydrogen (secondary N) is 1. The van der Waals surface area contributed by atoms with E-state index in [-0.39, 0.29) is 76.4 Å². The van der Waals surface area contributed by atoms with Crippen molar-refractivity contribution in [3.05, 3.63) is 45.8 Å². The van der Waals surface area contributed by atoms with Gasteiger partial charge in [-0.1, -0.05) is 41.5 Å². The third-order valence-electron chi connectivity index (χ3n) is 27.4. The highest BCUT2D eigenvalue weighted by Gasteiger charge is 2.66. The average Bonchev–Trinajstić information content (AvgIpc) is 1.70. The van der Waals surface area contributed by atoms with Crippen molar-refractivity contribution >= 4 is 69.7 Å². The topological polar surface area (TPSA) is 362 Å². The minimum absolute atomic E-state index is 0.0227. The standard InChI is InChI=1S/C44H64N7O14PS.C25H41IO4/c1-22(26-8-9-27-25-7-6-23-15-24(53)11-13-43(23,2)28(25)16-31(55)44(26,27)3)5-10-34(57)61-21-67-66(59,64-36-30(18-52)62-40(37(36)60-4)50-14-12-32(56)49-42(50)58)65-41-29(54)17-33(63-41)51-20-48-35-38(45)46-19-47-39(35)51;1-15(4-9-23(29)30-14-26)19-7-8-20-18-6-5-16-12-17(27)10-11-24(16,2)21(18)13-22(28)25(19,20)3/h12,14,19-20,22-31,33,36-37,40-41,52-55H,5-11,13,15-18,21H2,1-4H3,(H2,45,46,47)(H,49,56,58);15-22,27-28H,4-14H2,1-3H3/t22?,23?,24?,25?,26?,27?,28?,29?,30-,31?,33-,36?,37+,40-,41-,43?,44?,66?;/m1./s1. The fraction of sp³-hybridized carbons (Fsp3) is 0.841. The lowest BCUT2D eigenvalue weighted by Gasteiger charge is -2.62. The van der Waals surface area contributed by atoms with E-state index in [4.69, 9.17) is 38.5 Å². The summed E-state index contributed by atoms with van der Waals surface area (Å²) in [5.41, 5.74) is 5.25. The number of nitrogen functional groups attached to an aromatic ring is 1. The van der Waals surface area contributed by atoms with E-state index >= 15 is 0 Å². The molecule has 2 saturated heterocycles. The number of nitrogens with two attached hydrogens (primary N) is 1. The molecule has 0 aromatic carbocycles. The lowest BCUT2D eigenvalue weighted by Crippen LogP contribution is -2.58. The molecule has 0 amide bonds. The summed E-state index contributed by atoms with van der Waals surface area (Å²) in [4.78, 5) is 64.6. The summed E-state index contributed by atoms with van der Waals surface area (Å²) in [6.07, 6.45) is 12.4. The summed E-state index contributed by atoms with van der Waals surface area (Å²) in [6, 6.07) is 1.10. The number of anilines is 1. The molecular formula is C69H105IN7O18PS. The molecule has 3 aromatic heterocycles. The van der Waals surface area contributed by atoms with Crippen LogP contribution in [0.15, 0.2) is 34.5 Å². The average molecular weight is 1510 g/mol. The van der Waals surface area contributed by atoms with Crippen molar-refractivity contribution in [3.63, 3.8) is 0 Å². The zero-order valence-electron chi connectivity index (χ0n) is 57.2. The van der Waals surface area contributed by atoms with Crippen molar-refractivity contribution in [3.8, 4) is 0 Å². The van der Waals surface area contributed by atoms with Crippen LogP contribution in [0.2, 0.25) is 0 Å². The molecule has 13 rings (SSSR count). The monoisotopic (exact) mass is 1510 g/mol. The summed E-state index contributed by atoms with van der Waals surface area (Å²) in [7, 11) is 1.29. The van der Waals surface area contributed by atoms with Crippen LogP contribution in [0.1, 0.15) is 189 Å². The van der Waals surface area contributed by atoms with Gasteiger partial charge in [0.05, 0.1) is 37.4 Å². The van der Waals surface area contributed by atoms with Gasteiger partial charge in [0.15, 0.2) is 24.0 Å². The largest absolute Gasteiger partial charge is 0.455 e. The number of aliphatic hydroxyl groups is 6. The first-order valence-corrected chi connectivity index (χ1v) is 40.4. The fourth-order valence-electron chi connectivity index (χ4n) is 22.2. The van der Waals surface area contributed by atoms with E-state index < -0.39 is 85.8 Å². The van der Waals surface area contributed by atoms with Crippen LogP contribution in [-0.4, -0.2) is 151 Å². The summed E-state index contributed by atoms with van der Waals surface area (Å²) >= 11 is 2.59. The van der Waals surface area contributed by atoms with Gasteiger partial charge in [0.2, 0.25) is 0 Å². The van der Waals surface area contributed by atoms with Crippen LogP contribution < -0.4 is 17.0 Å². The Morgan fingerprint density at radius 2 is 1.32 bits per heavy atom. The van der Waals surface area contributed by atoms with E-state index in [1.165, 1.54) is 56.2 Å². The highest BCUT2D eigenvalue weighted by atomic mass is 127. The number of hydrogen-bond donors (Lipinski definition) is 8. The number of alkyl halides is 1. The van der Waals surface area contributed by atoms with Crippen LogP contribution in [0.4, 0.5) is 5.82 Å².